The van der Waals surface area contributed by atoms with E-state index in [1.807, 2.05) is 30.5 Å². The van der Waals surface area contributed by atoms with Gasteiger partial charge >= 0.3 is 0 Å². The van der Waals surface area contributed by atoms with Gasteiger partial charge < -0.3 is 14.2 Å². The van der Waals surface area contributed by atoms with Crippen molar-refractivity contribution in [2.75, 3.05) is 62.8 Å². The summed E-state index contributed by atoms with van der Waals surface area (Å²) in [6, 6.07) is 10.8. The molecule has 2 saturated heterocycles. The maximum Gasteiger partial charge on any atom is 0.270 e. The third kappa shape index (κ3) is 6.92. The highest BCUT2D eigenvalue weighted by molar-refractivity contribution is 7.89. The molecule has 0 radical (unpaired) electrons. The summed E-state index contributed by atoms with van der Waals surface area (Å²) in [5.41, 5.74) is 6.59. The minimum absolute atomic E-state index is 0.102. The molecule has 1 aromatic heterocycles. The highest BCUT2D eigenvalue weighted by atomic mass is 32.2. The number of rotatable bonds is 12. The van der Waals surface area contributed by atoms with Gasteiger partial charge in [0.15, 0.2) is 0 Å². The summed E-state index contributed by atoms with van der Waals surface area (Å²) in [4.78, 5) is 13.0. The van der Waals surface area contributed by atoms with Gasteiger partial charge in [0, 0.05) is 68.4 Å². The molecule has 14 nitrogen and oxygen atoms in total. The number of morpholine rings is 1. The van der Waals surface area contributed by atoms with Crippen molar-refractivity contribution in [1.82, 2.24) is 13.2 Å². The third-order valence-electron chi connectivity index (χ3n) is 8.60. The van der Waals surface area contributed by atoms with Crippen LogP contribution in [0.25, 0.3) is 5.69 Å². The second-order valence-corrected chi connectivity index (χ2v) is 15.3. The summed E-state index contributed by atoms with van der Waals surface area (Å²) in [5.74, 6) is 0. The van der Waals surface area contributed by atoms with Gasteiger partial charge in [-0.1, -0.05) is 13.8 Å². The number of aromatic nitrogens is 1. The quantitative estimate of drug-likeness (QED) is 0.168. The molecular formula is C31H41N7O7S2. The zero-order valence-electron chi connectivity index (χ0n) is 27.0. The third-order valence-corrected chi connectivity index (χ3v) is 12.6. The maximum atomic E-state index is 13.6. The lowest BCUT2D eigenvalue weighted by Crippen LogP contribution is -2.40. The van der Waals surface area contributed by atoms with E-state index in [4.69, 9.17) is 4.74 Å². The normalized spacial score (nSPS) is 16.4. The number of nitrogens with zero attached hydrogens (tertiary/aromatic N) is 6. The Labute approximate surface area is 275 Å². The number of non-ortho nitro benzene ring substituents is 1. The van der Waals surface area contributed by atoms with Gasteiger partial charge in [-0.3, -0.25) is 15.5 Å². The first kappa shape index (κ1) is 34.5. The monoisotopic (exact) mass is 687 g/mol. The minimum atomic E-state index is -4.04. The fourth-order valence-electron chi connectivity index (χ4n) is 6.10. The van der Waals surface area contributed by atoms with Gasteiger partial charge in [-0.05, 0) is 57.0 Å². The Balaban J connectivity index is 1.52. The average Bonchev–Trinajstić information content (AvgIpc) is 3.69. The number of sulfonamides is 2. The van der Waals surface area contributed by atoms with E-state index in [9.17, 15) is 26.9 Å². The molecule has 254 valence electrons. The number of nitro benzene ring substituents is 1. The molecule has 0 spiro atoms. The fraction of sp³-hybridized carbons (Fsp3) is 0.452. The highest BCUT2D eigenvalue weighted by Gasteiger charge is 2.30. The van der Waals surface area contributed by atoms with Crippen molar-refractivity contribution in [3.8, 4) is 5.69 Å². The van der Waals surface area contributed by atoms with Crippen LogP contribution >= 0.6 is 0 Å². The largest absolute Gasteiger partial charge is 0.379 e. The fourth-order valence-corrected chi connectivity index (χ4v) is 9.15. The van der Waals surface area contributed by atoms with Gasteiger partial charge in [0.25, 0.3) is 5.69 Å². The molecule has 0 saturated carbocycles. The lowest BCUT2D eigenvalue weighted by atomic mass is 10.2. The second kappa shape index (κ2) is 14.1. The van der Waals surface area contributed by atoms with E-state index >= 15 is 0 Å². The predicted octanol–water partition coefficient (Wildman–Crippen LogP) is 4.10. The lowest BCUT2D eigenvalue weighted by molar-refractivity contribution is -0.385. The van der Waals surface area contributed by atoms with E-state index in [1.165, 1.54) is 20.7 Å². The first-order chi connectivity index (χ1) is 22.4. The smallest absolute Gasteiger partial charge is 0.270 e. The number of hydrazone groups is 1. The van der Waals surface area contributed by atoms with Crippen molar-refractivity contribution in [3.63, 3.8) is 0 Å². The predicted molar refractivity (Wildman–Crippen MR) is 181 cm³/mol. The Kier molecular flexibility index (Phi) is 10.4. The van der Waals surface area contributed by atoms with Crippen molar-refractivity contribution in [3.05, 3.63) is 69.5 Å². The molecule has 16 heteroatoms. The molecule has 47 heavy (non-hydrogen) atoms. The number of aryl methyl sites for hydroxylation is 1. The molecular weight excluding hydrogens is 647 g/mol. The molecule has 0 atom stereocenters. The average molecular weight is 688 g/mol. The van der Waals surface area contributed by atoms with Crippen LogP contribution in [0.4, 0.5) is 17.1 Å². The van der Waals surface area contributed by atoms with Crippen LogP contribution in [-0.2, 0) is 24.8 Å². The highest BCUT2D eigenvalue weighted by Crippen LogP contribution is 2.34. The van der Waals surface area contributed by atoms with Crippen molar-refractivity contribution in [1.29, 1.82) is 0 Å². The van der Waals surface area contributed by atoms with Crippen LogP contribution in [0, 0.1) is 24.0 Å². The first-order valence-electron chi connectivity index (χ1n) is 15.6. The van der Waals surface area contributed by atoms with Crippen molar-refractivity contribution in [2.24, 2.45) is 5.10 Å². The van der Waals surface area contributed by atoms with Crippen LogP contribution in [-0.4, -0.2) is 93.6 Å². The van der Waals surface area contributed by atoms with Crippen LogP contribution in [0.2, 0.25) is 0 Å². The molecule has 3 aromatic rings. The zero-order valence-corrected chi connectivity index (χ0v) is 28.7. The topological polar surface area (TPSA) is 160 Å². The van der Waals surface area contributed by atoms with Gasteiger partial charge in [-0.15, -0.1) is 0 Å². The summed E-state index contributed by atoms with van der Waals surface area (Å²) in [7, 11) is -7.78. The Morgan fingerprint density at radius 3 is 2.28 bits per heavy atom. The van der Waals surface area contributed by atoms with E-state index in [2.05, 4.69) is 15.4 Å². The summed E-state index contributed by atoms with van der Waals surface area (Å²) in [6.45, 7) is 10.7. The Morgan fingerprint density at radius 1 is 0.957 bits per heavy atom. The SMILES string of the molecule is CCN(CC)S(=O)(=O)c1cc([N+](=O)[O-])ccc1N/N=C\c1cc(C)n(-c2cc(S(=O)(=O)N3CCOCC3)ccc2N2CCCC2)c1C. The number of nitrogens with one attached hydrogen (secondary N) is 1. The standard InChI is InChI=1S/C31H41N7O7S2/c1-5-35(6-2)47(43,44)31-20-26(38(39)40)9-11-28(31)33-32-22-25-19-23(3)37(24(25)4)30-21-27(10-12-29(30)34-13-7-8-14-34)46(41,42)36-15-17-45-18-16-36/h9-12,19-22,33H,5-8,13-18H2,1-4H3/b32-22-. The molecule has 3 heterocycles. The molecule has 0 aliphatic carbocycles. The van der Waals surface area contributed by atoms with E-state index in [1.54, 1.807) is 32.2 Å². The molecule has 0 unspecified atom stereocenters. The Hall–Kier alpha value is -3.83. The number of anilines is 2. The van der Waals surface area contributed by atoms with Gasteiger partial charge in [0.1, 0.15) is 4.90 Å². The molecule has 0 bridgehead atoms. The summed E-state index contributed by atoms with van der Waals surface area (Å²) < 4.78 is 64.1. The molecule has 2 aliphatic rings. The maximum absolute atomic E-state index is 13.6. The molecule has 1 N–H and O–H groups in total. The molecule has 2 aliphatic heterocycles. The summed E-state index contributed by atoms with van der Waals surface area (Å²) in [5, 5.41) is 15.8. The van der Waals surface area contributed by atoms with Crippen molar-refractivity contribution < 1.29 is 26.5 Å². The zero-order chi connectivity index (χ0) is 33.9. The number of hydrogen-bond acceptors (Lipinski definition) is 10. The minimum Gasteiger partial charge on any atom is -0.379 e. The van der Waals surface area contributed by atoms with Crippen molar-refractivity contribution in [2.45, 2.75) is 50.3 Å². The number of benzene rings is 2. The summed E-state index contributed by atoms with van der Waals surface area (Å²) >= 11 is 0. The first-order valence-corrected chi connectivity index (χ1v) is 18.5. The van der Waals surface area contributed by atoms with Crippen LogP contribution in [0.3, 0.4) is 0 Å². The lowest BCUT2D eigenvalue weighted by Gasteiger charge is -2.28. The number of nitro groups is 1. The van der Waals surface area contributed by atoms with E-state index in [0.717, 1.165) is 60.3 Å². The molecule has 2 aromatic carbocycles. The van der Waals surface area contributed by atoms with Gasteiger partial charge in [-0.2, -0.15) is 13.7 Å². The van der Waals surface area contributed by atoms with Crippen LogP contribution in [0.1, 0.15) is 43.6 Å². The van der Waals surface area contributed by atoms with Gasteiger partial charge in [-0.25, -0.2) is 16.8 Å². The molecule has 2 fully saturated rings. The van der Waals surface area contributed by atoms with Gasteiger partial charge in [0.05, 0.1) is 46.3 Å². The Bertz CT molecular complexity index is 1880. The van der Waals surface area contributed by atoms with E-state index in [-0.39, 0.29) is 34.3 Å². The Morgan fingerprint density at radius 2 is 1.64 bits per heavy atom. The van der Waals surface area contributed by atoms with Crippen LogP contribution in [0.5, 0.6) is 0 Å². The molecule has 5 rings (SSSR count). The van der Waals surface area contributed by atoms with E-state index < -0.39 is 25.0 Å². The van der Waals surface area contributed by atoms with Crippen molar-refractivity contribution >= 4 is 43.3 Å². The number of hydrogen-bond donors (Lipinski definition) is 1. The molecule has 0 amide bonds. The second-order valence-electron chi connectivity index (χ2n) is 11.4. The van der Waals surface area contributed by atoms with Crippen LogP contribution < -0.4 is 10.3 Å². The number of ether oxygens (including phenoxy) is 1. The summed E-state index contributed by atoms with van der Waals surface area (Å²) in [6.07, 6.45) is 3.65. The van der Waals surface area contributed by atoms with Gasteiger partial charge in [0.2, 0.25) is 20.0 Å². The van der Waals surface area contributed by atoms with E-state index in [0.29, 0.717) is 26.3 Å². The van der Waals surface area contributed by atoms with Crippen LogP contribution in [0.15, 0.2) is 57.4 Å².